The molecule has 3 N–H and O–H groups in total. The lowest BCUT2D eigenvalue weighted by Gasteiger charge is -2.26. The topological polar surface area (TPSA) is 123 Å². The molecule has 0 spiro atoms. The molecule has 39 heavy (non-hydrogen) atoms. The van der Waals surface area contributed by atoms with Gasteiger partial charge in [-0.05, 0) is 62.9 Å². The summed E-state index contributed by atoms with van der Waals surface area (Å²) >= 11 is 0. The second-order valence-electron chi connectivity index (χ2n) is 10.6. The van der Waals surface area contributed by atoms with Crippen LogP contribution >= 0.6 is 0 Å². The van der Waals surface area contributed by atoms with Crippen molar-refractivity contribution in [2.75, 3.05) is 17.7 Å². The fourth-order valence-corrected chi connectivity index (χ4v) is 4.92. The maximum Gasteiger partial charge on any atom is 0.313 e. The molecule has 1 aromatic heterocycles. The Hall–Kier alpha value is -4.14. The minimum absolute atomic E-state index is 0.0831. The number of aromatic nitrogens is 1. The minimum atomic E-state index is -0.783. The number of hydrogen-bond acceptors (Lipinski definition) is 6. The van der Waals surface area contributed by atoms with Crippen molar-refractivity contribution in [1.82, 2.24) is 10.3 Å². The number of methoxy groups -OCH3 is 1. The molecular weight excluding hydrogens is 496 g/mol. The van der Waals surface area contributed by atoms with E-state index in [4.69, 9.17) is 9.15 Å². The van der Waals surface area contributed by atoms with Gasteiger partial charge < -0.3 is 25.1 Å². The number of anilines is 2. The van der Waals surface area contributed by atoms with Crippen LogP contribution in [-0.2, 0) is 20.8 Å². The number of benzene rings is 2. The van der Waals surface area contributed by atoms with E-state index in [1.807, 2.05) is 38.1 Å². The van der Waals surface area contributed by atoms with Gasteiger partial charge in [0, 0.05) is 28.9 Å². The maximum absolute atomic E-state index is 12.7. The summed E-state index contributed by atoms with van der Waals surface area (Å²) in [7, 11) is 1.51. The van der Waals surface area contributed by atoms with Gasteiger partial charge in [-0.3, -0.25) is 14.4 Å². The van der Waals surface area contributed by atoms with Gasteiger partial charge in [-0.1, -0.05) is 37.8 Å². The molecule has 1 saturated carbocycles. The fraction of sp³-hybridized carbons (Fsp3) is 0.400. The molecule has 0 bridgehead atoms. The van der Waals surface area contributed by atoms with E-state index >= 15 is 0 Å². The molecule has 9 heteroatoms. The Morgan fingerprint density at radius 1 is 0.949 bits per heavy atom. The molecular formula is C30H36N4O5. The average molecular weight is 533 g/mol. The highest BCUT2D eigenvalue weighted by Crippen LogP contribution is 2.32. The molecule has 1 aliphatic rings. The summed E-state index contributed by atoms with van der Waals surface area (Å²) in [4.78, 5) is 41.9. The van der Waals surface area contributed by atoms with E-state index in [0.717, 1.165) is 36.9 Å². The number of nitrogens with one attached hydrogen (secondary N) is 3. The van der Waals surface area contributed by atoms with Gasteiger partial charge in [-0.2, -0.15) is 0 Å². The lowest BCUT2D eigenvalue weighted by molar-refractivity contribution is -0.137. The lowest BCUT2D eigenvalue weighted by atomic mass is 9.94. The van der Waals surface area contributed by atoms with E-state index < -0.39 is 17.4 Å². The van der Waals surface area contributed by atoms with Crippen molar-refractivity contribution in [2.45, 2.75) is 64.3 Å². The van der Waals surface area contributed by atoms with Gasteiger partial charge in [0.1, 0.15) is 5.75 Å². The molecule has 206 valence electrons. The van der Waals surface area contributed by atoms with Crippen molar-refractivity contribution < 1.29 is 23.5 Å². The van der Waals surface area contributed by atoms with Gasteiger partial charge in [0.15, 0.2) is 12.2 Å². The minimum Gasteiger partial charge on any atom is -0.496 e. The largest absolute Gasteiger partial charge is 0.496 e. The lowest BCUT2D eigenvalue weighted by Crippen LogP contribution is -2.49. The summed E-state index contributed by atoms with van der Waals surface area (Å²) in [6.45, 7) is 3.71. The zero-order valence-electron chi connectivity index (χ0n) is 22.7. The highest BCUT2D eigenvalue weighted by Gasteiger charge is 2.26. The van der Waals surface area contributed by atoms with E-state index in [2.05, 4.69) is 20.9 Å². The summed E-state index contributed by atoms with van der Waals surface area (Å²) in [6, 6.07) is 12.6. The van der Waals surface area contributed by atoms with Crippen LogP contribution in [0.4, 0.5) is 11.4 Å². The second kappa shape index (κ2) is 12.6. The Balaban J connectivity index is 1.30. The first-order valence-electron chi connectivity index (χ1n) is 13.3. The van der Waals surface area contributed by atoms with Crippen LogP contribution in [0.3, 0.4) is 0 Å². The SMILES string of the molecule is COc1cc(NC(=O)C(=O)NC(C)(C)Cc2ccc(NC(=O)C3CCCCCC3)cc2)ccc1-c1cnco1. The van der Waals surface area contributed by atoms with Crippen LogP contribution in [0, 0.1) is 5.92 Å². The number of carbonyl (C=O) groups excluding carboxylic acids is 3. The number of rotatable bonds is 8. The normalized spacial score (nSPS) is 14.2. The van der Waals surface area contributed by atoms with Crippen molar-refractivity contribution in [3.8, 4) is 17.1 Å². The van der Waals surface area contributed by atoms with E-state index in [9.17, 15) is 14.4 Å². The molecule has 0 unspecified atom stereocenters. The Morgan fingerprint density at radius 2 is 1.64 bits per heavy atom. The predicted molar refractivity (Wildman–Crippen MR) is 149 cm³/mol. The van der Waals surface area contributed by atoms with Gasteiger partial charge in [-0.15, -0.1) is 0 Å². The van der Waals surface area contributed by atoms with Crippen LogP contribution in [0.15, 0.2) is 59.5 Å². The van der Waals surface area contributed by atoms with Crippen molar-refractivity contribution in [3.05, 3.63) is 60.6 Å². The molecule has 3 aromatic rings. The number of amides is 3. The number of oxazole rings is 1. The Labute approximate surface area is 228 Å². The second-order valence-corrected chi connectivity index (χ2v) is 10.6. The third kappa shape index (κ3) is 7.69. The van der Waals surface area contributed by atoms with Crippen LogP contribution in [0.5, 0.6) is 5.75 Å². The van der Waals surface area contributed by atoms with E-state index in [1.165, 1.54) is 26.3 Å². The quantitative estimate of drug-likeness (QED) is 0.266. The maximum atomic E-state index is 12.7. The molecule has 1 fully saturated rings. The van der Waals surface area contributed by atoms with Gasteiger partial charge in [0.05, 0.1) is 18.9 Å². The summed E-state index contributed by atoms with van der Waals surface area (Å²) in [5, 5.41) is 8.46. The summed E-state index contributed by atoms with van der Waals surface area (Å²) in [5.41, 5.74) is 2.14. The first-order chi connectivity index (χ1) is 18.7. The first kappa shape index (κ1) is 27.9. The first-order valence-corrected chi connectivity index (χ1v) is 13.3. The summed E-state index contributed by atoms with van der Waals surface area (Å²) in [5.74, 6) is -0.355. The molecule has 3 amide bonds. The van der Waals surface area contributed by atoms with Gasteiger partial charge in [0.2, 0.25) is 5.91 Å². The highest BCUT2D eigenvalue weighted by atomic mass is 16.5. The van der Waals surface area contributed by atoms with Crippen molar-refractivity contribution in [2.24, 2.45) is 5.92 Å². The standard InChI is InChI=1S/C30H36N4O5/c1-30(2,17-20-10-12-22(13-11-20)32-27(35)21-8-6-4-5-7-9-21)34-29(37)28(36)33-23-14-15-24(25(16-23)38-3)26-18-31-19-39-26/h10-16,18-19,21H,4-9,17H2,1-3H3,(H,32,35)(H,33,36)(H,34,37). The monoisotopic (exact) mass is 532 g/mol. The number of nitrogens with zero attached hydrogens (tertiary/aromatic N) is 1. The van der Waals surface area contributed by atoms with Gasteiger partial charge >= 0.3 is 11.8 Å². The molecule has 0 radical (unpaired) electrons. The highest BCUT2D eigenvalue weighted by molar-refractivity contribution is 6.39. The third-order valence-corrected chi connectivity index (χ3v) is 6.91. The van der Waals surface area contributed by atoms with Crippen molar-refractivity contribution in [3.63, 3.8) is 0 Å². The molecule has 0 aliphatic heterocycles. The van der Waals surface area contributed by atoms with Gasteiger partial charge in [0.25, 0.3) is 0 Å². The number of carbonyl (C=O) groups is 3. The van der Waals surface area contributed by atoms with E-state index in [-0.39, 0.29) is 11.8 Å². The molecule has 2 aromatic carbocycles. The average Bonchev–Trinajstić information content (AvgIpc) is 3.30. The number of hydrogen-bond donors (Lipinski definition) is 3. The molecule has 1 aliphatic carbocycles. The van der Waals surface area contributed by atoms with Crippen LogP contribution in [-0.4, -0.2) is 35.4 Å². The van der Waals surface area contributed by atoms with Crippen LogP contribution in [0.1, 0.15) is 57.9 Å². The van der Waals surface area contributed by atoms with E-state index in [1.54, 1.807) is 24.4 Å². The Bertz CT molecular complexity index is 1280. The van der Waals surface area contributed by atoms with Crippen molar-refractivity contribution in [1.29, 1.82) is 0 Å². The molecule has 0 atom stereocenters. The molecule has 1 heterocycles. The zero-order valence-corrected chi connectivity index (χ0v) is 22.7. The van der Waals surface area contributed by atoms with Gasteiger partial charge in [-0.25, -0.2) is 4.98 Å². The summed E-state index contributed by atoms with van der Waals surface area (Å²) in [6.07, 6.45) is 9.93. The smallest absolute Gasteiger partial charge is 0.313 e. The number of ether oxygens (including phenoxy) is 1. The Morgan fingerprint density at radius 3 is 2.28 bits per heavy atom. The van der Waals surface area contributed by atoms with Crippen LogP contribution in [0.25, 0.3) is 11.3 Å². The molecule has 4 rings (SSSR count). The fourth-order valence-electron chi connectivity index (χ4n) is 4.92. The van der Waals surface area contributed by atoms with E-state index in [0.29, 0.717) is 29.2 Å². The zero-order chi connectivity index (χ0) is 27.8. The summed E-state index contributed by atoms with van der Waals surface area (Å²) < 4.78 is 10.7. The van der Waals surface area contributed by atoms with Crippen LogP contribution in [0.2, 0.25) is 0 Å². The molecule has 0 saturated heterocycles. The Kier molecular flexibility index (Phi) is 9.01. The third-order valence-electron chi connectivity index (χ3n) is 6.91. The van der Waals surface area contributed by atoms with Crippen molar-refractivity contribution >= 4 is 29.1 Å². The predicted octanol–water partition coefficient (Wildman–Crippen LogP) is 5.34. The van der Waals surface area contributed by atoms with Crippen LogP contribution < -0.4 is 20.7 Å². The molecule has 9 nitrogen and oxygen atoms in total.